The van der Waals surface area contributed by atoms with Gasteiger partial charge < -0.3 is 24.1 Å². The smallest absolute Gasteiger partial charge is 0.280 e. The molecule has 0 saturated heterocycles. The number of nitrogens with two attached hydrogens (primary N) is 1. The maximum atomic E-state index is 12.3. The Hall–Kier alpha value is -3.06. The van der Waals surface area contributed by atoms with Gasteiger partial charge in [0.05, 0.1) is 26.1 Å². The molecule has 2 aromatic carbocycles. The molecule has 0 radical (unpaired) electrons. The zero-order chi connectivity index (χ0) is 28.2. The number of rotatable bonds is 15. The first-order chi connectivity index (χ1) is 19.5. The van der Waals surface area contributed by atoms with Crippen molar-refractivity contribution < 1.29 is 23.4 Å². The van der Waals surface area contributed by atoms with E-state index in [-0.39, 0.29) is 34.7 Å². The molecule has 0 fully saturated rings. The van der Waals surface area contributed by atoms with Crippen LogP contribution in [-0.4, -0.2) is 67.4 Å². The molecule has 40 heavy (non-hydrogen) atoms. The number of carbonyl (C=O) groups excluding carboxylic acids is 2. The highest BCUT2D eigenvalue weighted by Crippen LogP contribution is 2.38. The van der Waals surface area contributed by atoms with Gasteiger partial charge in [0.2, 0.25) is 16.2 Å². The Morgan fingerprint density at radius 2 is 1.48 bits per heavy atom. The van der Waals surface area contributed by atoms with Crippen LogP contribution < -0.4 is 11.3 Å². The molecule has 4 aromatic rings. The van der Waals surface area contributed by atoms with Crippen molar-refractivity contribution in [3.63, 3.8) is 0 Å². The fourth-order valence-corrected chi connectivity index (χ4v) is 6.06. The first-order valence-corrected chi connectivity index (χ1v) is 15.6. The predicted octanol–water partition coefficient (Wildman–Crippen LogP) is 4.17. The number of nitrogens with one attached hydrogen (secondary N) is 1. The number of ether oxygens (including phenoxy) is 1. The second-order valence-corrected chi connectivity index (χ2v) is 11.7. The van der Waals surface area contributed by atoms with Crippen molar-refractivity contribution >= 4 is 59.2 Å². The summed E-state index contributed by atoms with van der Waals surface area (Å²) in [5.41, 5.74) is 7.10. The standard InChI is InChI=1S/C26H28N5O6PS2/c27-26-29-22-21(23(32)30-26)28-17-31(22)11-12-35-18-38(36-13-15-39-24(33)19-7-3-1-4-8-19)37-14-16-40-25(34)20-9-5-2-6-10-20/h1-10,17H,11-16,18H2,(H3,27,29,30,32). The van der Waals surface area contributed by atoms with Gasteiger partial charge in [-0.3, -0.25) is 19.4 Å². The van der Waals surface area contributed by atoms with Gasteiger partial charge in [0.25, 0.3) is 5.56 Å². The van der Waals surface area contributed by atoms with E-state index < -0.39 is 13.9 Å². The number of imidazole rings is 1. The number of carbonyl (C=O) groups is 2. The summed E-state index contributed by atoms with van der Waals surface area (Å²) >= 11 is 2.35. The lowest BCUT2D eigenvalue weighted by atomic mass is 10.2. The average Bonchev–Trinajstić information content (AvgIpc) is 3.38. The minimum Gasteiger partial charge on any atom is -0.370 e. The van der Waals surface area contributed by atoms with E-state index in [0.717, 1.165) is 0 Å². The van der Waals surface area contributed by atoms with Gasteiger partial charge in [0.15, 0.2) is 19.5 Å². The normalized spacial score (nSPS) is 11.3. The molecule has 2 aromatic heterocycles. The number of aromatic nitrogens is 4. The molecule has 4 rings (SSSR count). The van der Waals surface area contributed by atoms with Crippen molar-refractivity contribution in [3.8, 4) is 0 Å². The van der Waals surface area contributed by atoms with Crippen molar-refractivity contribution in [1.29, 1.82) is 0 Å². The van der Waals surface area contributed by atoms with Crippen molar-refractivity contribution in [2.45, 2.75) is 6.54 Å². The highest BCUT2D eigenvalue weighted by molar-refractivity contribution is 8.14. The number of anilines is 1. The van der Waals surface area contributed by atoms with Crippen LogP contribution in [0.25, 0.3) is 11.2 Å². The molecule has 0 bridgehead atoms. The third-order valence-corrected chi connectivity index (χ3v) is 8.36. The molecular formula is C26H28N5O6PS2. The highest BCUT2D eigenvalue weighted by Gasteiger charge is 2.15. The SMILES string of the molecule is Nc1nc2c(ncn2CCOCP(OCCSC(=O)c2ccccc2)OCCSC(=O)c2ccccc2)c(=O)[nH]1. The molecule has 0 aliphatic rings. The number of benzene rings is 2. The molecule has 210 valence electrons. The second kappa shape index (κ2) is 15.7. The number of nitrogen functional groups attached to an aromatic ring is 1. The van der Waals surface area contributed by atoms with Crippen LogP contribution in [0.15, 0.2) is 71.8 Å². The third kappa shape index (κ3) is 8.98. The largest absolute Gasteiger partial charge is 0.370 e. The van der Waals surface area contributed by atoms with Gasteiger partial charge in [0, 0.05) is 29.2 Å². The summed E-state index contributed by atoms with van der Waals surface area (Å²) in [6, 6.07) is 18.1. The number of fused-ring (bicyclic) bond motifs is 1. The van der Waals surface area contributed by atoms with E-state index in [1.54, 1.807) is 28.8 Å². The summed E-state index contributed by atoms with van der Waals surface area (Å²) in [5, 5.41) is -0.0516. The Labute approximate surface area is 240 Å². The first kappa shape index (κ1) is 29.9. The van der Waals surface area contributed by atoms with Gasteiger partial charge in [-0.15, -0.1) is 0 Å². The summed E-state index contributed by atoms with van der Waals surface area (Å²) in [6.07, 6.45) is 1.69. The summed E-state index contributed by atoms with van der Waals surface area (Å²) in [5.74, 6) is 0.928. The minimum atomic E-state index is -1.43. The molecule has 0 aliphatic heterocycles. The maximum absolute atomic E-state index is 12.3. The van der Waals surface area contributed by atoms with Crippen LogP contribution in [0.5, 0.6) is 0 Å². The van der Waals surface area contributed by atoms with Crippen LogP contribution in [0, 0.1) is 0 Å². The van der Waals surface area contributed by atoms with E-state index in [1.807, 2.05) is 36.4 Å². The van der Waals surface area contributed by atoms with E-state index >= 15 is 0 Å². The van der Waals surface area contributed by atoms with Crippen LogP contribution in [0.2, 0.25) is 0 Å². The summed E-state index contributed by atoms with van der Waals surface area (Å²) < 4.78 is 19.3. The number of nitrogens with zero attached hydrogens (tertiary/aromatic N) is 3. The van der Waals surface area contributed by atoms with Gasteiger partial charge in [-0.1, -0.05) is 84.2 Å². The van der Waals surface area contributed by atoms with Crippen LogP contribution in [0.4, 0.5) is 5.95 Å². The summed E-state index contributed by atoms with van der Waals surface area (Å²) in [6.45, 7) is 1.27. The molecule has 3 N–H and O–H groups in total. The zero-order valence-corrected chi connectivity index (χ0v) is 24.0. The molecule has 0 saturated carbocycles. The first-order valence-electron chi connectivity index (χ1n) is 12.3. The van der Waals surface area contributed by atoms with Crippen molar-refractivity contribution in [2.75, 3.05) is 43.4 Å². The number of H-pyrrole nitrogens is 1. The van der Waals surface area contributed by atoms with Gasteiger partial charge in [-0.05, 0) is 0 Å². The number of aromatic amines is 1. The maximum Gasteiger partial charge on any atom is 0.280 e. The topological polar surface area (TPSA) is 151 Å². The Morgan fingerprint density at radius 1 is 0.900 bits per heavy atom. The average molecular weight is 602 g/mol. The summed E-state index contributed by atoms with van der Waals surface area (Å²) in [4.78, 5) is 47.3. The van der Waals surface area contributed by atoms with Crippen molar-refractivity contribution in [1.82, 2.24) is 19.5 Å². The van der Waals surface area contributed by atoms with Gasteiger partial charge in [-0.2, -0.15) is 4.98 Å². The van der Waals surface area contributed by atoms with Crippen molar-refractivity contribution in [2.24, 2.45) is 0 Å². The number of thioether (sulfide) groups is 2. The molecule has 0 amide bonds. The molecule has 14 heteroatoms. The molecule has 0 aliphatic carbocycles. The molecular weight excluding hydrogens is 573 g/mol. The Morgan fingerprint density at radius 3 is 2.05 bits per heavy atom. The number of hydrogen-bond donors (Lipinski definition) is 2. The second-order valence-electron chi connectivity index (χ2n) is 8.10. The predicted molar refractivity (Wildman–Crippen MR) is 159 cm³/mol. The van der Waals surface area contributed by atoms with E-state index in [1.165, 1.54) is 29.9 Å². The molecule has 0 spiro atoms. The van der Waals surface area contributed by atoms with E-state index in [9.17, 15) is 14.4 Å². The van der Waals surface area contributed by atoms with Crippen LogP contribution in [0.1, 0.15) is 20.7 Å². The van der Waals surface area contributed by atoms with Crippen molar-refractivity contribution in [3.05, 3.63) is 88.5 Å². The van der Waals surface area contributed by atoms with Crippen LogP contribution in [-0.2, 0) is 20.3 Å². The quantitative estimate of drug-likeness (QED) is 0.149. The Kier molecular flexibility index (Phi) is 11.7. The monoisotopic (exact) mass is 601 g/mol. The van der Waals surface area contributed by atoms with E-state index in [2.05, 4.69) is 15.0 Å². The Bertz CT molecular complexity index is 1400. The van der Waals surface area contributed by atoms with Gasteiger partial charge in [-0.25, -0.2) is 4.98 Å². The third-order valence-electron chi connectivity index (χ3n) is 5.29. The molecule has 0 unspecified atom stereocenters. The van der Waals surface area contributed by atoms with Gasteiger partial charge in [0.1, 0.15) is 6.35 Å². The number of hydrogen-bond acceptors (Lipinski definition) is 11. The fourth-order valence-electron chi connectivity index (χ4n) is 3.41. The Balaban J connectivity index is 1.24. The molecule has 0 atom stereocenters. The minimum absolute atomic E-state index is 0.0118. The lowest BCUT2D eigenvalue weighted by Gasteiger charge is -2.17. The molecule has 2 heterocycles. The zero-order valence-electron chi connectivity index (χ0n) is 21.4. The van der Waals surface area contributed by atoms with Crippen LogP contribution in [0.3, 0.4) is 0 Å². The summed E-state index contributed by atoms with van der Waals surface area (Å²) in [7, 11) is -1.43. The van der Waals surface area contributed by atoms with E-state index in [0.29, 0.717) is 48.0 Å². The lowest BCUT2D eigenvalue weighted by Crippen LogP contribution is -2.13. The van der Waals surface area contributed by atoms with Gasteiger partial charge >= 0.3 is 0 Å². The lowest BCUT2D eigenvalue weighted by molar-refractivity contribution is 0.108. The van der Waals surface area contributed by atoms with E-state index in [4.69, 9.17) is 19.5 Å². The van der Waals surface area contributed by atoms with Crippen LogP contribution >= 0.6 is 31.9 Å². The fraction of sp³-hybridized carbons (Fsp3) is 0.269. The molecule has 11 nitrogen and oxygen atoms in total. The highest BCUT2D eigenvalue weighted by atomic mass is 32.2.